The van der Waals surface area contributed by atoms with Crippen LogP contribution in [0.2, 0.25) is 0 Å². The largest absolute Gasteiger partial charge is 0.507 e. The van der Waals surface area contributed by atoms with Crippen LogP contribution in [0.1, 0.15) is 36.4 Å². The highest BCUT2D eigenvalue weighted by atomic mass is 32.2. The second kappa shape index (κ2) is 10.3. The number of piperidine rings is 1. The minimum Gasteiger partial charge on any atom is -0.507 e. The number of halogens is 1. The minimum atomic E-state index is -3.66. The molecule has 10 heteroatoms. The number of hydrogen-bond donors (Lipinski definition) is 1. The molecule has 35 heavy (non-hydrogen) atoms. The van der Waals surface area contributed by atoms with Crippen molar-refractivity contribution in [1.29, 1.82) is 0 Å². The summed E-state index contributed by atoms with van der Waals surface area (Å²) in [5.74, 6) is -2.59. The fourth-order valence-corrected chi connectivity index (χ4v) is 6.00. The minimum absolute atomic E-state index is 0.0894. The molecular weight excluding hydrogens is 475 g/mol. The molecule has 0 unspecified atom stereocenters. The number of nitrogens with zero attached hydrogens (tertiary/aromatic N) is 2. The number of aliphatic hydroxyl groups excluding tert-OH is 1. The Morgan fingerprint density at radius 2 is 1.66 bits per heavy atom. The third-order valence-corrected chi connectivity index (χ3v) is 8.26. The van der Waals surface area contributed by atoms with Crippen LogP contribution in [0, 0.1) is 5.82 Å². The number of amides is 1. The van der Waals surface area contributed by atoms with Gasteiger partial charge in [0.2, 0.25) is 10.0 Å². The number of sulfonamides is 1. The second-order valence-corrected chi connectivity index (χ2v) is 10.5. The summed E-state index contributed by atoms with van der Waals surface area (Å²) in [4.78, 5) is 27.1. The normalized spacial score (nSPS) is 21.0. The van der Waals surface area contributed by atoms with Crippen LogP contribution in [0.4, 0.5) is 4.39 Å². The Labute approximate surface area is 203 Å². The van der Waals surface area contributed by atoms with Gasteiger partial charge in [-0.15, -0.1) is 0 Å². The van der Waals surface area contributed by atoms with Crippen molar-refractivity contribution in [2.75, 3.05) is 33.4 Å². The van der Waals surface area contributed by atoms with E-state index < -0.39 is 39.3 Å². The Morgan fingerprint density at radius 1 is 1.03 bits per heavy atom. The molecule has 2 aromatic carbocycles. The fourth-order valence-electron chi connectivity index (χ4n) is 4.49. The van der Waals surface area contributed by atoms with Crippen LogP contribution in [0.5, 0.6) is 0 Å². The summed E-state index contributed by atoms with van der Waals surface area (Å²) in [7, 11) is -2.20. The second-order valence-electron chi connectivity index (χ2n) is 8.53. The fraction of sp³-hybridized carbons (Fsp3) is 0.360. The monoisotopic (exact) mass is 502 g/mol. The van der Waals surface area contributed by atoms with Crippen LogP contribution in [0.15, 0.2) is 59.0 Å². The first-order valence-electron chi connectivity index (χ1n) is 11.4. The molecule has 0 aliphatic carbocycles. The van der Waals surface area contributed by atoms with E-state index in [4.69, 9.17) is 4.74 Å². The molecule has 4 rings (SSSR count). The zero-order chi connectivity index (χ0) is 25.2. The van der Waals surface area contributed by atoms with Gasteiger partial charge in [-0.05, 0) is 54.8 Å². The lowest BCUT2D eigenvalue weighted by molar-refractivity contribution is -0.140. The highest BCUT2D eigenvalue weighted by Gasteiger charge is 2.45. The van der Waals surface area contributed by atoms with Crippen molar-refractivity contribution < 1.29 is 32.2 Å². The molecule has 0 spiro atoms. The molecule has 0 radical (unpaired) electrons. The van der Waals surface area contributed by atoms with Crippen LogP contribution >= 0.6 is 0 Å². The predicted octanol–water partition coefficient (Wildman–Crippen LogP) is 3.07. The molecule has 2 aliphatic heterocycles. The van der Waals surface area contributed by atoms with E-state index in [0.717, 1.165) is 19.3 Å². The first-order chi connectivity index (χ1) is 16.8. The maximum atomic E-state index is 13.5. The van der Waals surface area contributed by atoms with Crippen molar-refractivity contribution in [3.8, 4) is 0 Å². The number of aliphatic hydroxyl groups is 1. The van der Waals surface area contributed by atoms with Crippen LogP contribution in [-0.2, 0) is 24.3 Å². The van der Waals surface area contributed by atoms with Gasteiger partial charge < -0.3 is 14.7 Å². The number of rotatable bonds is 7. The van der Waals surface area contributed by atoms with Crippen molar-refractivity contribution >= 4 is 27.5 Å². The number of benzene rings is 2. The number of likely N-dealkylation sites (tertiary alicyclic amines) is 1. The number of carbonyl (C=O) groups excluding carboxylic acids is 2. The van der Waals surface area contributed by atoms with Gasteiger partial charge in [0.15, 0.2) is 0 Å². The first-order valence-corrected chi connectivity index (χ1v) is 12.8. The van der Waals surface area contributed by atoms with Crippen molar-refractivity contribution in [2.45, 2.75) is 30.2 Å². The molecule has 2 aromatic rings. The standard InChI is InChI=1S/C25H27FN2O6S/c1-34-16-15-28-22(17-5-9-19(26)10-6-17)21(24(30)25(28)31)23(29)18-7-11-20(12-8-18)35(32,33)27-13-3-2-4-14-27/h5-12,22,29H,2-4,13-16H2,1H3/t22-/m1/s1. The highest BCUT2D eigenvalue weighted by Crippen LogP contribution is 2.39. The summed E-state index contributed by atoms with van der Waals surface area (Å²) in [6.45, 7) is 1.18. The van der Waals surface area contributed by atoms with E-state index in [0.29, 0.717) is 18.7 Å². The predicted molar refractivity (Wildman–Crippen MR) is 126 cm³/mol. The van der Waals surface area contributed by atoms with Gasteiger partial charge in [0.25, 0.3) is 11.7 Å². The zero-order valence-electron chi connectivity index (χ0n) is 19.3. The Hall–Kier alpha value is -3.08. The summed E-state index contributed by atoms with van der Waals surface area (Å²) in [6, 6.07) is 9.98. The maximum Gasteiger partial charge on any atom is 0.295 e. The molecule has 2 heterocycles. The third-order valence-electron chi connectivity index (χ3n) is 6.34. The summed E-state index contributed by atoms with van der Waals surface area (Å²) in [5, 5.41) is 11.1. The molecule has 1 atom stereocenters. The third kappa shape index (κ3) is 4.86. The SMILES string of the molecule is COCCN1C(=O)C(=O)C(=C(O)c2ccc(S(=O)(=O)N3CCCCC3)cc2)[C@H]1c1ccc(F)cc1. The molecular formula is C25H27FN2O6S. The topological polar surface area (TPSA) is 104 Å². The van der Waals surface area contributed by atoms with E-state index in [9.17, 15) is 27.5 Å². The average Bonchev–Trinajstić information content (AvgIpc) is 3.13. The van der Waals surface area contributed by atoms with Gasteiger partial charge in [0, 0.05) is 32.3 Å². The summed E-state index contributed by atoms with van der Waals surface area (Å²) in [5.41, 5.74) is 0.497. The van der Waals surface area contributed by atoms with E-state index in [-0.39, 0.29) is 29.2 Å². The maximum absolute atomic E-state index is 13.5. The molecule has 1 amide bonds. The van der Waals surface area contributed by atoms with Crippen molar-refractivity contribution in [3.05, 3.63) is 71.0 Å². The van der Waals surface area contributed by atoms with Crippen molar-refractivity contribution in [2.24, 2.45) is 0 Å². The molecule has 2 saturated heterocycles. The van der Waals surface area contributed by atoms with Gasteiger partial charge in [-0.2, -0.15) is 4.31 Å². The van der Waals surface area contributed by atoms with E-state index >= 15 is 0 Å². The Kier molecular flexibility index (Phi) is 7.34. The molecule has 2 aliphatic rings. The van der Waals surface area contributed by atoms with E-state index in [1.54, 1.807) is 0 Å². The Bertz CT molecular complexity index is 1240. The summed E-state index contributed by atoms with van der Waals surface area (Å²) < 4.78 is 45.9. The lowest BCUT2D eigenvalue weighted by Crippen LogP contribution is -2.35. The van der Waals surface area contributed by atoms with Gasteiger partial charge >= 0.3 is 0 Å². The molecule has 8 nitrogen and oxygen atoms in total. The Balaban J connectivity index is 1.73. The zero-order valence-corrected chi connectivity index (χ0v) is 20.1. The van der Waals surface area contributed by atoms with E-state index in [2.05, 4.69) is 0 Å². The van der Waals surface area contributed by atoms with Gasteiger partial charge in [-0.1, -0.05) is 18.6 Å². The molecule has 0 aromatic heterocycles. The van der Waals surface area contributed by atoms with Crippen LogP contribution in [0.3, 0.4) is 0 Å². The Morgan fingerprint density at radius 3 is 2.26 bits per heavy atom. The summed E-state index contributed by atoms with van der Waals surface area (Å²) in [6.07, 6.45) is 2.62. The molecule has 0 bridgehead atoms. The number of hydrogen-bond acceptors (Lipinski definition) is 6. The van der Waals surface area contributed by atoms with Crippen LogP contribution < -0.4 is 0 Å². The number of Topliss-reactive ketones (excluding diaryl/α,β-unsaturated/α-hetero) is 1. The van der Waals surface area contributed by atoms with Crippen molar-refractivity contribution in [1.82, 2.24) is 9.21 Å². The average molecular weight is 503 g/mol. The van der Waals surface area contributed by atoms with Gasteiger partial charge in [0.05, 0.1) is 23.1 Å². The molecule has 1 N–H and O–H groups in total. The lowest BCUT2D eigenvalue weighted by atomic mass is 9.95. The lowest BCUT2D eigenvalue weighted by Gasteiger charge is -2.26. The van der Waals surface area contributed by atoms with Gasteiger partial charge in [0.1, 0.15) is 11.6 Å². The highest BCUT2D eigenvalue weighted by molar-refractivity contribution is 7.89. The van der Waals surface area contributed by atoms with Crippen molar-refractivity contribution in [3.63, 3.8) is 0 Å². The molecule has 0 saturated carbocycles. The molecule has 186 valence electrons. The quantitative estimate of drug-likeness (QED) is 0.355. The van der Waals surface area contributed by atoms with Gasteiger partial charge in [-0.3, -0.25) is 9.59 Å². The van der Waals surface area contributed by atoms with E-state index in [1.165, 1.54) is 64.8 Å². The number of ketones is 1. The first kappa shape index (κ1) is 25.0. The van der Waals surface area contributed by atoms with Crippen LogP contribution in [-0.4, -0.2) is 67.8 Å². The number of carbonyl (C=O) groups is 2. The number of ether oxygens (including phenoxy) is 1. The smallest absolute Gasteiger partial charge is 0.295 e. The van der Waals surface area contributed by atoms with Crippen LogP contribution in [0.25, 0.3) is 5.76 Å². The van der Waals surface area contributed by atoms with Gasteiger partial charge in [-0.25, -0.2) is 12.8 Å². The number of methoxy groups -OCH3 is 1. The van der Waals surface area contributed by atoms with E-state index in [1.807, 2.05) is 0 Å². The molecule has 2 fully saturated rings. The summed E-state index contributed by atoms with van der Waals surface area (Å²) >= 11 is 0.